The van der Waals surface area contributed by atoms with E-state index in [9.17, 15) is 9.50 Å². The van der Waals surface area contributed by atoms with Crippen LogP contribution in [0, 0.1) is 5.82 Å². The number of halogens is 1. The molecule has 0 amide bonds. The van der Waals surface area contributed by atoms with Gasteiger partial charge in [0, 0.05) is 43.9 Å². The number of nitrogens with zero attached hydrogens (tertiary/aromatic N) is 2. The van der Waals surface area contributed by atoms with Crippen LogP contribution in [0.25, 0.3) is 0 Å². The summed E-state index contributed by atoms with van der Waals surface area (Å²) in [7, 11) is 0. The quantitative estimate of drug-likeness (QED) is 0.907. The van der Waals surface area contributed by atoms with Crippen molar-refractivity contribution in [1.29, 1.82) is 0 Å². The molecule has 1 aliphatic heterocycles. The minimum absolute atomic E-state index is 0.0128. The molecule has 1 unspecified atom stereocenters. The molecule has 1 heterocycles. The molecule has 0 spiro atoms. The van der Waals surface area contributed by atoms with E-state index < -0.39 is 0 Å². The Kier molecular flexibility index (Phi) is 4.77. The van der Waals surface area contributed by atoms with Crippen molar-refractivity contribution >= 4 is 0 Å². The van der Waals surface area contributed by atoms with Gasteiger partial charge in [0.15, 0.2) is 0 Å². The summed E-state index contributed by atoms with van der Waals surface area (Å²) in [5, 5.41) is 9.26. The minimum atomic E-state index is -0.316. The Morgan fingerprint density at radius 3 is 2.53 bits per heavy atom. The van der Waals surface area contributed by atoms with Crippen LogP contribution >= 0.6 is 0 Å². The fourth-order valence-corrected chi connectivity index (χ4v) is 2.74. The summed E-state index contributed by atoms with van der Waals surface area (Å²) in [6, 6.07) is 4.50. The summed E-state index contributed by atoms with van der Waals surface area (Å²) in [5.41, 5.74) is 0.668. The van der Waals surface area contributed by atoms with E-state index in [4.69, 9.17) is 0 Å². The van der Waals surface area contributed by atoms with Gasteiger partial charge in [0.2, 0.25) is 0 Å². The normalized spacial score (nSPS) is 19.5. The van der Waals surface area contributed by atoms with E-state index in [1.165, 1.54) is 12.5 Å². The third-order valence-corrected chi connectivity index (χ3v) is 3.93. The minimum Gasteiger partial charge on any atom is -0.508 e. The van der Waals surface area contributed by atoms with Crippen LogP contribution < -0.4 is 0 Å². The highest BCUT2D eigenvalue weighted by molar-refractivity contribution is 5.29. The molecule has 1 fully saturated rings. The van der Waals surface area contributed by atoms with Crippen LogP contribution in [0.15, 0.2) is 18.2 Å². The van der Waals surface area contributed by atoms with Crippen LogP contribution in [0.2, 0.25) is 0 Å². The highest BCUT2D eigenvalue weighted by atomic mass is 19.1. The SMILES string of the molecule is CCCN1CCN(C(C)c2ccc(O)cc2F)CC1. The molecule has 1 atom stereocenters. The Balaban J connectivity index is 1.99. The van der Waals surface area contributed by atoms with Gasteiger partial charge in [-0.25, -0.2) is 4.39 Å². The Hall–Kier alpha value is -1.13. The van der Waals surface area contributed by atoms with Crippen LogP contribution in [0.1, 0.15) is 31.9 Å². The molecule has 0 radical (unpaired) electrons. The molecule has 3 nitrogen and oxygen atoms in total. The van der Waals surface area contributed by atoms with Gasteiger partial charge < -0.3 is 10.0 Å². The Labute approximate surface area is 114 Å². The molecule has 106 valence electrons. The zero-order chi connectivity index (χ0) is 13.8. The van der Waals surface area contributed by atoms with Gasteiger partial charge in [-0.05, 0) is 26.0 Å². The molecule has 0 aromatic heterocycles. The highest BCUT2D eigenvalue weighted by Crippen LogP contribution is 2.26. The van der Waals surface area contributed by atoms with E-state index >= 15 is 0 Å². The van der Waals surface area contributed by atoms with E-state index in [2.05, 4.69) is 16.7 Å². The van der Waals surface area contributed by atoms with Gasteiger partial charge >= 0.3 is 0 Å². The van der Waals surface area contributed by atoms with E-state index in [1.807, 2.05) is 6.92 Å². The molecule has 1 saturated heterocycles. The Morgan fingerprint density at radius 2 is 1.95 bits per heavy atom. The molecule has 0 bridgehead atoms. The molecule has 2 rings (SSSR count). The maximum atomic E-state index is 13.9. The second-order valence-electron chi connectivity index (χ2n) is 5.26. The third kappa shape index (κ3) is 3.45. The third-order valence-electron chi connectivity index (χ3n) is 3.93. The second kappa shape index (κ2) is 6.35. The summed E-state index contributed by atoms with van der Waals surface area (Å²) in [4.78, 5) is 4.76. The van der Waals surface area contributed by atoms with Gasteiger partial charge in [0.25, 0.3) is 0 Å². The van der Waals surface area contributed by atoms with Crippen molar-refractivity contribution in [2.45, 2.75) is 26.3 Å². The smallest absolute Gasteiger partial charge is 0.131 e. The van der Waals surface area contributed by atoms with Gasteiger partial charge in [-0.15, -0.1) is 0 Å². The molecular formula is C15H23FN2O. The predicted octanol–water partition coefficient (Wildman–Crippen LogP) is 2.62. The first-order chi connectivity index (χ1) is 9.11. The summed E-state index contributed by atoms with van der Waals surface area (Å²) in [6.45, 7) is 9.43. The maximum Gasteiger partial charge on any atom is 0.131 e. The van der Waals surface area contributed by atoms with Gasteiger partial charge in [0.1, 0.15) is 11.6 Å². The Bertz CT molecular complexity index is 417. The molecule has 19 heavy (non-hydrogen) atoms. The maximum absolute atomic E-state index is 13.9. The van der Waals surface area contributed by atoms with Crippen molar-refractivity contribution in [2.24, 2.45) is 0 Å². The molecule has 1 aliphatic rings. The number of hydrogen-bond acceptors (Lipinski definition) is 3. The number of rotatable bonds is 4. The average molecular weight is 266 g/mol. The number of piperazine rings is 1. The monoisotopic (exact) mass is 266 g/mol. The molecule has 1 N–H and O–H groups in total. The summed E-state index contributed by atoms with van der Waals surface area (Å²) in [5.74, 6) is -0.329. The first-order valence-corrected chi connectivity index (χ1v) is 7.06. The molecule has 1 aromatic rings. The van der Waals surface area contributed by atoms with Crippen molar-refractivity contribution in [3.63, 3.8) is 0 Å². The van der Waals surface area contributed by atoms with Crippen molar-refractivity contribution in [2.75, 3.05) is 32.7 Å². The van der Waals surface area contributed by atoms with Gasteiger partial charge in [-0.1, -0.05) is 13.0 Å². The topological polar surface area (TPSA) is 26.7 Å². The van der Waals surface area contributed by atoms with E-state index in [-0.39, 0.29) is 17.6 Å². The fraction of sp³-hybridized carbons (Fsp3) is 0.600. The van der Waals surface area contributed by atoms with Crippen LogP contribution in [0.5, 0.6) is 5.75 Å². The lowest BCUT2D eigenvalue weighted by molar-refractivity contribution is 0.101. The first-order valence-electron chi connectivity index (χ1n) is 7.06. The zero-order valence-electron chi connectivity index (χ0n) is 11.8. The van der Waals surface area contributed by atoms with E-state index in [0.29, 0.717) is 5.56 Å². The average Bonchev–Trinajstić information content (AvgIpc) is 2.39. The number of aromatic hydroxyl groups is 1. The zero-order valence-corrected chi connectivity index (χ0v) is 11.8. The lowest BCUT2D eigenvalue weighted by Gasteiger charge is -2.38. The lowest BCUT2D eigenvalue weighted by atomic mass is 10.0. The van der Waals surface area contributed by atoms with Crippen LogP contribution in [0.3, 0.4) is 0 Å². The van der Waals surface area contributed by atoms with Gasteiger partial charge in [-0.2, -0.15) is 0 Å². The van der Waals surface area contributed by atoms with Crippen LogP contribution in [-0.4, -0.2) is 47.6 Å². The molecule has 1 aromatic carbocycles. The van der Waals surface area contributed by atoms with Crippen molar-refractivity contribution < 1.29 is 9.50 Å². The van der Waals surface area contributed by atoms with E-state index in [0.717, 1.165) is 32.7 Å². The second-order valence-corrected chi connectivity index (χ2v) is 5.26. The number of phenols is 1. The first kappa shape index (κ1) is 14.3. The van der Waals surface area contributed by atoms with E-state index in [1.54, 1.807) is 12.1 Å². The fourth-order valence-electron chi connectivity index (χ4n) is 2.74. The van der Waals surface area contributed by atoms with Crippen LogP contribution in [0.4, 0.5) is 4.39 Å². The van der Waals surface area contributed by atoms with Gasteiger partial charge in [0.05, 0.1) is 0 Å². The Morgan fingerprint density at radius 1 is 1.26 bits per heavy atom. The van der Waals surface area contributed by atoms with Crippen molar-refractivity contribution in [1.82, 2.24) is 9.80 Å². The summed E-state index contributed by atoms with van der Waals surface area (Å²) in [6.07, 6.45) is 1.18. The predicted molar refractivity (Wildman–Crippen MR) is 74.8 cm³/mol. The van der Waals surface area contributed by atoms with Gasteiger partial charge in [-0.3, -0.25) is 4.90 Å². The molecule has 0 saturated carbocycles. The van der Waals surface area contributed by atoms with Crippen LogP contribution in [-0.2, 0) is 0 Å². The molecule has 0 aliphatic carbocycles. The number of phenolic OH excluding ortho intramolecular Hbond substituents is 1. The summed E-state index contributed by atoms with van der Waals surface area (Å²) < 4.78 is 13.9. The lowest BCUT2D eigenvalue weighted by Crippen LogP contribution is -2.47. The largest absolute Gasteiger partial charge is 0.508 e. The molecular weight excluding hydrogens is 243 g/mol. The number of benzene rings is 1. The molecule has 4 heteroatoms. The standard InChI is InChI=1S/C15H23FN2O/c1-3-6-17-7-9-18(10-8-17)12(2)14-5-4-13(19)11-15(14)16/h4-5,11-12,19H,3,6-10H2,1-2H3. The highest BCUT2D eigenvalue weighted by Gasteiger charge is 2.23. The van der Waals surface area contributed by atoms with Crippen molar-refractivity contribution in [3.05, 3.63) is 29.6 Å². The van der Waals surface area contributed by atoms with Crippen molar-refractivity contribution in [3.8, 4) is 5.75 Å². The number of hydrogen-bond donors (Lipinski definition) is 1. The summed E-state index contributed by atoms with van der Waals surface area (Å²) >= 11 is 0.